The van der Waals surface area contributed by atoms with Crippen molar-refractivity contribution in [2.75, 3.05) is 32.8 Å². The van der Waals surface area contributed by atoms with E-state index in [1.807, 2.05) is 5.32 Å². The van der Waals surface area contributed by atoms with E-state index in [4.69, 9.17) is 34.4 Å². The number of guanidine groups is 1. The van der Waals surface area contributed by atoms with Crippen LogP contribution in [0, 0.1) is 5.92 Å². The van der Waals surface area contributed by atoms with Crippen molar-refractivity contribution in [3.05, 3.63) is 0 Å². The third kappa shape index (κ3) is 22.1. The third-order valence-corrected chi connectivity index (χ3v) is 11.3. The number of unbranched alkanes of at least 4 members (excludes halogenated alkanes) is 1. The molecule has 10 amide bonds. The Kier molecular flexibility index (Phi) is 28.3. The number of likely N-dealkylation sites (tertiary alicyclic amines) is 1. The van der Waals surface area contributed by atoms with Gasteiger partial charge in [0.15, 0.2) is 12.0 Å². The summed E-state index contributed by atoms with van der Waals surface area (Å²) in [6.07, 6.45) is -1.78. The number of nitrogens with two attached hydrogens (primary N) is 6. The molecule has 10 atom stereocenters. The van der Waals surface area contributed by atoms with Crippen molar-refractivity contribution in [2.24, 2.45) is 45.3 Å². The molecule has 30 heteroatoms. The summed E-state index contributed by atoms with van der Waals surface area (Å²) in [5.41, 5.74) is 32.8. The number of carbonyl (C=O) groups excluding carboxylic acids is 10. The number of rotatable bonds is 34. The Balaban J connectivity index is 3.40. The van der Waals surface area contributed by atoms with Gasteiger partial charge in [-0.15, -0.1) is 0 Å². The van der Waals surface area contributed by atoms with Crippen molar-refractivity contribution in [2.45, 2.75) is 152 Å². The predicted octanol–water partition coefficient (Wildman–Crippen LogP) is -8.48. The summed E-state index contributed by atoms with van der Waals surface area (Å²) in [5.74, 6) is -11.6. The van der Waals surface area contributed by atoms with E-state index in [0.717, 1.165) is 6.92 Å². The molecule has 0 aromatic rings. The molecule has 72 heavy (non-hydrogen) atoms. The highest BCUT2D eigenvalue weighted by Crippen LogP contribution is 2.21. The summed E-state index contributed by atoms with van der Waals surface area (Å²) in [6, 6.07) is -13.4. The number of carboxylic acid groups (broad SMARTS) is 1. The third-order valence-electron chi connectivity index (χ3n) is 11.3. The van der Waals surface area contributed by atoms with E-state index in [1.54, 1.807) is 13.8 Å². The first-order chi connectivity index (χ1) is 33.8. The zero-order valence-electron chi connectivity index (χ0n) is 40.8. The molecular weight excluding hydrogens is 955 g/mol. The van der Waals surface area contributed by atoms with Gasteiger partial charge in [0, 0.05) is 25.9 Å². The van der Waals surface area contributed by atoms with Gasteiger partial charge in [0.05, 0.1) is 25.4 Å². The van der Waals surface area contributed by atoms with Gasteiger partial charge in [-0.2, -0.15) is 0 Å². The van der Waals surface area contributed by atoms with E-state index in [1.165, 1.54) is 4.90 Å². The van der Waals surface area contributed by atoms with Gasteiger partial charge in [0.1, 0.15) is 42.3 Å². The summed E-state index contributed by atoms with van der Waals surface area (Å²) >= 11 is 0. The molecule has 0 unspecified atom stereocenters. The van der Waals surface area contributed by atoms with Gasteiger partial charge in [-0.25, -0.2) is 4.79 Å². The van der Waals surface area contributed by atoms with Crippen LogP contribution in [0.3, 0.4) is 0 Å². The smallest absolute Gasteiger partial charge is 0.328 e. The van der Waals surface area contributed by atoms with Crippen LogP contribution >= 0.6 is 0 Å². The molecule has 0 aliphatic carbocycles. The van der Waals surface area contributed by atoms with Gasteiger partial charge in [-0.3, -0.25) is 52.9 Å². The van der Waals surface area contributed by atoms with Gasteiger partial charge >= 0.3 is 5.97 Å². The standard InChI is InChI=1S/C42H75N15O15/c1-20(2)31(40(70)57-17-7-10-28(57)39(69)54-27(19-59)38(68)56-32(21(3)60)41(71)72)55-36(66)23(8-4-5-15-43)51-34(64)24(9-6-16-49-42(47)48)52-37(67)26(18-58)53-35(65)25(12-14-30(46)62)50-33(63)22(44)11-13-29(45)61/h20-28,31-32,58-60H,4-19,43-44H2,1-3H3,(H2,45,61)(H2,46,62)(H,50,63)(H,51,64)(H,52,67)(H,53,65)(H,54,69)(H,55,66)(H,56,68)(H,71,72)(H4,47,48,49)/t21-,22+,23+,24+,25+,26+,27+,28+,31+,32+/m1/s1. The van der Waals surface area contributed by atoms with Crippen LogP contribution in [0.15, 0.2) is 4.99 Å². The molecule has 0 radical (unpaired) electrons. The summed E-state index contributed by atoms with van der Waals surface area (Å²) in [6.45, 7) is 2.54. The number of primary amides is 2. The van der Waals surface area contributed by atoms with Crippen LogP contribution in [0.5, 0.6) is 0 Å². The minimum atomic E-state index is -1.77. The van der Waals surface area contributed by atoms with Gasteiger partial charge < -0.3 is 96.9 Å². The lowest BCUT2D eigenvalue weighted by atomic mass is 10.00. The zero-order chi connectivity index (χ0) is 54.8. The highest BCUT2D eigenvalue weighted by atomic mass is 16.4. The minimum absolute atomic E-state index is 0.0267. The molecule has 23 N–H and O–H groups in total. The Bertz CT molecular complexity index is 1920. The number of aliphatic hydroxyl groups excluding tert-OH is 3. The molecule has 1 rings (SSSR count). The van der Waals surface area contributed by atoms with E-state index in [-0.39, 0.29) is 77.0 Å². The van der Waals surface area contributed by atoms with Crippen molar-refractivity contribution in [3.63, 3.8) is 0 Å². The van der Waals surface area contributed by atoms with Crippen molar-refractivity contribution < 1.29 is 73.2 Å². The second-order valence-corrected chi connectivity index (χ2v) is 17.5. The van der Waals surface area contributed by atoms with E-state index < -0.39 is 151 Å². The number of aliphatic imine (C=N–C) groups is 1. The molecule has 1 fully saturated rings. The predicted molar refractivity (Wildman–Crippen MR) is 254 cm³/mol. The quantitative estimate of drug-likeness (QED) is 0.0162. The summed E-state index contributed by atoms with van der Waals surface area (Å²) in [7, 11) is 0. The van der Waals surface area contributed by atoms with Crippen molar-refractivity contribution in [3.8, 4) is 0 Å². The molecule has 1 aliphatic rings. The molecule has 1 aliphatic heterocycles. The Morgan fingerprint density at radius 1 is 0.611 bits per heavy atom. The van der Waals surface area contributed by atoms with E-state index >= 15 is 0 Å². The Labute approximate surface area is 415 Å². The average Bonchev–Trinajstić information content (AvgIpc) is 3.81. The molecule has 408 valence electrons. The Morgan fingerprint density at radius 2 is 1.07 bits per heavy atom. The van der Waals surface area contributed by atoms with Crippen molar-refractivity contribution >= 4 is 71.0 Å². The van der Waals surface area contributed by atoms with Crippen LogP contribution in [0.2, 0.25) is 0 Å². The molecule has 0 aromatic heterocycles. The maximum Gasteiger partial charge on any atom is 0.328 e. The van der Waals surface area contributed by atoms with Crippen LogP contribution in [0.1, 0.15) is 91.4 Å². The summed E-state index contributed by atoms with van der Waals surface area (Å²) in [4.78, 5) is 148. The topological polar surface area (TPSA) is 525 Å². The lowest BCUT2D eigenvalue weighted by Gasteiger charge is -2.32. The maximum absolute atomic E-state index is 14.2. The largest absolute Gasteiger partial charge is 0.480 e. The number of hydrogen-bond donors (Lipinski definition) is 17. The van der Waals surface area contributed by atoms with E-state index in [2.05, 4.69) is 36.9 Å². The van der Waals surface area contributed by atoms with Crippen LogP contribution in [-0.4, -0.2) is 190 Å². The summed E-state index contributed by atoms with van der Waals surface area (Å²) in [5, 5.41) is 55.8. The molecule has 1 heterocycles. The molecule has 0 bridgehead atoms. The number of nitrogens with zero attached hydrogens (tertiary/aromatic N) is 2. The number of amides is 10. The number of nitrogens with one attached hydrogen (secondary N) is 7. The number of aliphatic carboxylic acids is 1. The molecular formula is C42H75N15O15. The summed E-state index contributed by atoms with van der Waals surface area (Å²) < 4.78 is 0. The Hall–Kier alpha value is -6.76. The van der Waals surface area contributed by atoms with Gasteiger partial charge in [-0.05, 0) is 77.2 Å². The van der Waals surface area contributed by atoms with Gasteiger partial charge in [-0.1, -0.05) is 13.8 Å². The number of carboxylic acids is 1. The fourth-order valence-electron chi connectivity index (χ4n) is 7.16. The highest BCUT2D eigenvalue weighted by molar-refractivity contribution is 5.98. The SMILES string of the molecule is CC(C)[C@H](NC(=O)[C@H](CCCCN)NC(=O)[C@H](CCCN=C(N)N)NC(=O)[C@H](CO)NC(=O)[C@H](CCC(N)=O)NC(=O)[C@@H](N)CCC(N)=O)C(=O)N1CCC[C@H]1C(=O)N[C@@H](CO)C(=O)N[C@H](C(=O)O)[C@@H](C)O. The molecule has 1 saturated heterocycles. The minimum Gasteiger partial charge on any atom is -0.480 e. The van der Waals surface area contributed by atoms with Gasteiger partial charge in [0.2, 0.25) is 59.1 Å². The zero-order valence-corrected chi connectivity index (χ0v) is 40.8. The van der Waals surface area contributed by atoms with Crippen LogP contribution in [0.4, 0.5) is 0 Å². The number of aliphatic hydroxyl groups is 3. The first-order valence-corrected chi connectivity index (χ1v) is 23.4. The number of carbonyl (C=O) groups is 11. The first-order valence-electron chi connectivity index (χ1n) is 23.4. The van der Waals surface area contributed by atoms with Crippen molar-refractivity contribution in [1.82, 2.24) is 42.1 Å². The number of hydrogen-bond acceptors (Lipinski definition) is 17. The van der Waals surface area contributed by atoms with Crippen LogP contribution < -0.4 is 71.6 Å². The lowest BCUT2D eigenvalue weighted by molar-refractivity contribution is -0.146. The van der Waals surface area contributed by atoms with Crippen molar-refractivity contribution in [1.29, 1.82) is 0 Å². The molecule has 0 saturated carbocycles. The monoisotopic (exact) mass is 1030 g/mol. The van der Waals surface area contributed by atoms with Crippen LogP contribution in [0.25, 0.3) is 0 Å². The average molecular weight is 1030 g/mol. The maximum atomic E-state index is 14.2. The van der Waals surface area contributed by atoms with E-state index in [0.29, 0.717) is 12.8 Å². The molecule has 0 aromatic carbocycles. The fraction of sp³-hybridized carbons (Fsp3) is 0.714. The highest BCUT2D eigenvalue weighted by Gasteiger charge is 2.41. The first kappa shape index (κ1) is 63.3. The van der Waals surface area contributed by atoms with Crippen LogP contribution in [-0.2, 0) is 52.7 Å². The lowest BCUT2D eigenvalue weighted by Crippen LogP contribution is -2.61. The Morgan fingerprint density at radius 3 is 1.57 bits per heavy atom. The molecule has 0 spiro atoms. The van der Waals surface area contributed by atoms with Gasteiger partial charge in [0.25, 0.3) is 0 Å². The second-order valence-electron chi connectivity index (χ2n) is 17.5. The fourth-order valence-corrected chi connectivity index (χ4v) is 7.16. The molecule has 30 nitrogen and oxygen atoms in total. The second kappa shape index (κ2) is 32.3. The van der Waals surface area contributed by atoms with E-state index in [9.17, 15) is 73.2 Å². The normalized spacial score (nSPS) is 17.0.